The smallest absolute Gasteiger partial charge is 0.241 e. The molecule has 1 aliphatic heterocycles. The second kappa shape index (κ2) is 6.68. The molecule has 0 amide bonds. The van der Waals surface area contributed by atoms with E-state index in [1.807, 2.05) is 24.3 Å². The molecule has 6 heteroatoms. The van der Waals surface area contributed by atoms with Gasteiger partial charge in [0.1, 0.15) is 0 Å². The monoisotopic (exact) mass is 351 g/mol. The summed E-state index contributed by atoms with van der Waals surface area (Å²) < 4.78 is 11.8. The summed E-state index contributed by atoms with van der Waals surface area (Å²) in [7, 11) is 1.78. The molecule has 1 aliphatic rings. The molecule has 1 fully saturated rings. The standard InChI is InChI=1S/C15H18BrN3O2/c1-20-13-5-7-19(8-6-13)10-14-17-15(18-21-14)11-3-2-4-12(16)9-11/h2-4,9,13H,5-8,10H2,1H3. The highest BCUT2D eigenvalue weighted by Gasteiger charge is 2.20. The lowest BCUT2D eigenvalue weighted by molar-refractivity contribution is 0.0359. The molecule has 21 heavy (non-hydrogen) atoms. The predicted octanol–water partition coefficient (Wildman–Crippen LogP) is 3.11. The van der Waals surface area contributed by atoms with E-state index in [0.717, 1.165) is 36.0 Å². The van der Waals surface area contributed by atoms with Gasteiger partial charge in [0.05, 0.1) is 12.6 Å². The number of nitrogens with zero attached hydrogens (tertiary/aromatic N) is 3. The number of benzene rings is 1. The first-order valence-electron chi connectivity index (χ1n) is 7.08. The summed E-state index contributed by atoms with van der Waals surface area (Å²) >= 11 is 3.45. The maximum Gasteiger partial charge on any atom is 0.241 e. The quantitative estimate of drug-likeness (QED) is 0.846. The van der Waals surface area contributed by atoms with Crippen molar-refractivity contribution in [2.24, 2.45) is 0 Å². The van der Waals surface area contributed by atoms with Crippen molar-refractivity contribution in [1.82, 2.24) is 15.0 Å². The van der Waals surface area contributed by atoms with Gasteiger partial charge >= 0.3 is 0 Å². The van der Waals surface area contributed by atoms with Crippen LogP contribution in [0.25, 0.3) is 11.4 Å². The molecule has 1 saturated heterocycles. The Bertz CT molecular complexity index is 594. The minimum absolute atomic E-state index is 0.390. The van der Waals surface area contributed by atoms with Crippen molar-refractivity contribution in [3.05, 3.63) is 34.6 Å². The topological polar surface area (TPSA) is 51.4 Å². The van der Waals surface area contributed by atoms with E-state index >= 15 is 0 Å². The summed E-state index contributed by atoms with van der Waals surface area (Å²) in [6.45, 7) is 2.72. The van der Waals surface area contributed by atoms with Gasteiger partial charge in [-0.1, -0.05) is 33.2 Å². The van der Waals surface area contributed by atoms with Crippen LogP contribution in [0, 0.1) is 0 Å². The minimum Gasteiger partial charge on any atom is -0.381 e. The van der Waals surface area contributed by atoms with E-state index in [1.165, 1.54) is 0 Å². The fourth-order valence-corrected chi connectivity index (χ4v) is 2.96. The molecule has 1 aromatic heterocycles. The van der Waals surface area contributed by atoms with Crippen LogP contribution in [0.3, 0.4) is 0 Å². The number of rotatable bonds is 4. The number of aromatic nitrogens is 2. The first kappa shape index (κ1) is 14.7. The van der Waals surface area contributed by atoms with Crippen LogP contribution >= 0.6 is 15.9 Å². The number of methoxy groups -OCH3 is 1. The Hall–Kier alpha value is -1.24. The van der Waals surface area contributed by atoms with Crippen LogP contribution in [-0.4, -0.2) is 41.3 Å². The van der Waals surface area contributed by atoms with Gasteiger partial charge in [-0.05, 0) is 25.0 Å². The predicted molar refractivity (Wildman–Crippen MR) is 82.7 cm³/mol. The number of piperidine rings is 1. The molecule has 0 atom stereocenters. The second-order valence-corrected chi connectivity index (χ2v) is 6.15. The summed E-state index contributed by atoms with van der Waals surface area (Å²) in [4.78, 5) is 6.81. The highest BCUT2D eigenvalue weighted by molar-refractivity contribution is 9.10. The Labute approximate surface area is 132 Å². The number of halogens is 1. The molecule has 0 unspecified atom stereocenters. The van der Waals surface area contributed by atoms with Crippen molar-refractivity contribution in [2.75, 3.05) is 20.2 Å². The average Bonchev–Trinajstić information content (AvgIpc) is 2.97. The van der Waals surface area contributed by atoms with Crippen LogP contribution < -0.4 is 0 Å². The van der Waals surface area contributed by atoms with Crippen LogP contribution in [0.5, 0.6) is 0 Å². The van der Waals surface area contributed by atoms with Crippen molar-refractivity contribution in [3.8, 4) is 11.4 Å². The Kier molecular flexibility index (Phi) is 4.67. The van der Waals surface area contributed by atoms with Crippen LogP contribution in [0.1, 0.15) is 18.7 Å². The zero-order chi connectivity index (χ0) is 14.7. The highest BCUT2D eigenvalue weighted by Crippen LogP contribution is 2.21. The van der Waals surface area contributed by atoms with Crippen LogP contribution in [-0.2, 0) is 11.3 Å². The number of hydrogen-bond acceptors (Lipinski definition) is 5. The third-order valence-corrected chi connectivity index (χ3v) is 4.27. The molecule has 3 rings (SSSR count). The van der Waals surface area contributed by atoms with Crippen molar-refractivity contribution in [3.63, 3.8) is 0 Å². The summed E-state index contributed by atoms with van der Waals surface area (Å²) in [5.74, 6) is 1.30. The van der Waals surface area contributed by atoms with Gasteiger partial charge in [0.2, 0.25) is 11.7 Å². The molecular weight excluding hydrogens is 334 g/mol. The van der Waals surface area contributed by atoms with Gasteiger partial charge in [-0.25, -0.2) is 0 Å². The van der Waals surface area contributed by atoms with Gasteiger partial charge in [-0.2, -0.15) is 4.98 Å². The van der Waals surface area contributed by atoms with E-state index in [1.54, 1.807) is 7.11 Å². The van der Waals surface area contributed by atoms with E-state index < -0.39 is 0 Å². The molecule has 5 nitrogen and oxygen atoms in total. The Morgan fingerprint density at radius 3 is 2.90 bits per heavy atom. The molecule has 2 heterocycles. The third-order valence-electron chi connectivity index (χ3n) is 3.78. The normalized spacial score (nSPS) is 17.2. The zero-order valence-corrected chi connectivity index (χ0v) is 13.5. The molecule has 0 bridgehead atoms. The van der Waals surface area contributed by atoms with Gasteiger partial charge in [0, 0.05) is 30.2 Å². The molecule has 0 N–H and O–H groups in total. The number of ether oxygens (including phenoxy) is 1. The lowest BCUT2D eigenvalue weighted by atomic mass is 10.1. The first-order chi connectivity index (χ1) is 10.2. The molecule has 0 spiro atoms. The molecule has 0 saturated carbocycles. The van der Waals surface area contributed by atoms with Crippen molar-refractivity contribution in [1.29, 1.82) is 0 Å². The third kappa shape index (κ3) is 3.70. The summed E-state index contributed by atoms with van der Waals surface area (Å²) in [6.07, 6.45) is 2.51. The minimum atomic E-state index is 0.390. The molecule has 0 radical (unpaired) electrons. The molecule has 2 aromatic rings. The summed E-state index contributed by atoms with van der Waals surface area (Å²) in [6, 6.07) is 7.90. The van der Waals surface area contributed by atoms with Crippen molar-refractivity contribution in [2.45, 2.75) is 25.5 Å². The van der Waals surface area contributed by atoms with E-state index in [0.29, 0.717) is 24.4 Å². The molecule has 112 valence electrons. The lowest BCUT2D eigenvalue weighted by Crippen LogP contribution is -2.36. The van der Waals surface area contributed by atoms with Gasteiger partial charge in [0.15, 0.2) is 0 Å². The second-order valence-electron chi connectivity index (χ2n) is 5.23. The van der Waals surface area contributed by atoms with Crippen molar-refractivity contribution >= 4 is 15.9 Å². The molecule has 1 aromatic carbocycles. The van der Waals surface area contributed by atoms with E-state index in [4.69, 9.17) is 9.26 Å². The first-order valence-corrected chi connectivity index (χ1v) is 7.87. The highest BCUT2D eigenvalue weighted by atomic mass is 79.9. The Balaban J connectivity index is 1.63. The van der Waals surface area contributed by atoms with Crippen LogP contribution in [0.15, 0.2) is 33.3 Å². The number of hydrogen-bond donors (Lipinski definition) is 0. The Morgan fingerprint density at radius 1 is 1.38 bits per heavy atom. The summed E-state index contributed by atoms with van der Waals surface area (Å²) in [5.41, 5.74) is 0.956. The van der Waals surface area contributed by atoms with Gasteiger partial charge in [0.25, 0.3) is 0 Å². The fourth-order valence-electron chi connectivity index (χ4n) is 2.56. The largest absolute Gasteiger partial charge is 0.381 e. The number of likely N-dealkylation sites (tertiary alicyclic amines) is 1. The van der Waals surface area contributed by atoms with Gasteiger partial charge in [-0.15, -0.1) is 0 Å². The molecular formula is C15H18BrN3O2. The van der Waals surface area contributed by atoms with E-state index in [-0.39, 0.29) is 0 Å². The fraction of sp³-hybridized carbons (Fsp3) is 0.467. The maximum absolute atomic E-state index is 5.38. The van der Waals surface area contributed by atoms with Crippen LogP contribution in [0.2, 0.25) is 0 Å². The zero-order valence-electron chi connectivity index (χ0n) is 12.0. The maximum atomic E-state index is 5.38. The SMILES string of the molecule is COC1CCN(Cc2nc(-c3cccc(Br)c3)no2)CC1. The van der Waals surface area contributed by atoms with Gasteiger partial charge in [-0.3, -0.25) is 4.90 Å². The van der Waals surface area contributed by atoms with Crippen molar-refractivity contribution < 1.29 is 9.26 Å². The average molecular weight is 352 g/mol. The Morgan fingerprint density at radius 2 is 2.19 bits per heavy atom. The van der Waals surface area contributed by atoms with E-state index in [9.17, 15) is 0 Å². The van der Waals surface area contributed by atoms with E-state index in [2.05, 4.69) is 31.0 Å². The summed E-state index contributed by atoms with van der Waals surface area (Å²) in [5, 5.41) is 4.07. The van der Waals surface area contributed by atoms with Gasteiger partial charge < -0.3 is 9.26 Å². The van der Waals surface area contributed by atoms with Crippen LogP contribution in [0.4, 0.5) is 0 Å². The molecule has 0 aliphatic carbocycles. The lowest BCUT2D eigenvalue weighted by Gasteiger charge is -2.29.